The molecule has 0 amide bonds. The summed E-state index contributed by atoms with van der Waals surface area (Å²) in [4.78, 5) is 0. The van der Waals surface area contributed by atoms with Crippen LogP contribution in [-0.2, 0) is 0 Å². The predicted octanol–water partition coefficient (Wildman–Crippen LogP) is 3.46. The van der Waals surface area contributed by atoms with E-state index >= 15 is 0 Å². The molecule has 0 nitrogen and oxygen atoms in total. The topological polar surface area (TPSA) is 0 Å². The summed E-state index contributed by atoms with van der Waals surface area (Å²) in [7, 11) is 0. The minimum atomic E-state index is 1.07. The quantitative estimate of drug-likeness (QED) is 0.411. The van der Waals surface area contributed by atoms with Crippen LogP contribution >= 0.6 is 0 Å². The molecular formula is C10H16. The van der Waals surface area contributed by atoms with Gasteiger partial charge >= 0.3 is 0 Å². The molecule has 0 bridgehead atoms. The van der Waals surface area contributed by atoms with Gasteiger partial charge in [-0.3, -0.25) is 0 Å². The third-order valence-corrected chi connectivity index (χ3v) is 1.24. The van der Waals surface area contributed by atoms with Crippen LogP contribution in [0.5, 0.6) is 0 Å². The number of hydrogen-bond acceptors (Lipinski definition) is 0. The standard InChI is InChI=1S/C10H16/c1-4-7-9-10(6-3)8-5-2/h5,7-8H,4,6H2,1-3H3. The highest BCUT2D eigenvalue weighted by molar-refractivity contribution is 5.16. The molecule has 0 unspecified atom stereocenters. The Morgan fingerprint density at radius 3 is 2.50 bits per heavy atom. The van der Waals surface area contributed by atoms with E-state index in [9.17, 15) is 0 Å². The zero-order chi connectivity index (χ0) is 7.82. The van der Waals surface area contributed by atoms with Gasteiger partial charge < -0.3 is 0 Å². The molecule has 0 atom stereocenters. The van der Waals surface area contributed by atoms with Gasteiger partial charge in [0.25, 0.3) is 0 Å². The lowest BCUT2D eigenvalue weighted by molar-refractivity contribution is 1.14. The van der Waals surface area contributed by atoms with Crippen molar-refractivity contribution in [3.05, 3.63) is 29.5 Å². The number of allylic oxidation sites excluding steroid dienone is 3. The zero-order valence-electron chi connectivity index (χ0n) is 7.15. The van der Waals surface area contributed by atoms with E-state index in [1.165, 1.54) is 5.57 Å². The van der Waals surface area contributed by atoms with Gasteiger partial charge in [-0.1, -0.05) is 26.0 Å². The minimum absolute atomic E-state index is 1.07. The van der Waals surface area contributed by atoms with E-state index in [1.54, 1.807) is 0 Å². The fraction of sp³-hybridized carbons (Fsp3) is 0.500. The summed E-state index contributed by atoms with van der Waals surface area (Å²) in [5, 5.41) is 0. The largest absolute Gasteiger partial charge is 0.122 e. The molecule has 10 heavy (non-hydrogen) atoms. The normalized spacial score (nSPS) is 9.50. The molecule has 0 aromatic heterocycles. The summed E-state index contributed by atoms with van der Waals surface area (Å²) >= 11 is 0. The average molecular weight is 136 g/mol. The van der Waals surface area contributed by atoms with E-state index < -0.39 is 0 Å². The summed E-state index contributed by atoms with van der Waals surface area (Å²) in [5.41, 5.74) is 4.51. The van der Waals surface area contributed by atoms with Crippen molar-refractivity contribution in [2.45, 2.75) is 33.6 Å². The number of hydrogen-bond donors (Lipinski definition) is 0. The Balaban J connectivity index is 4.17. The van der Waals surface area contributed by atoms with Gasteiger partial charge in [-0.2, -0.15) is 0 Å². The van der Waals surface area contributed by atoms with E-state index in [2.05, 4.69) is 37.8 Å². The van der Waals surface area contributed by atoms with Crippen molar-refractivity contribution >= 4 is 0 Å². The van der Waals surface area contributed by atoms with Crippen LogP contribution in [-0.4, -0.2) is 0 Å². The molecule has 0 saturated heterocycles. The van der Waals surface area contributed by atoms with Crippen molar-refractivity contribution in [1.29, 1.82) is 0 Å². The Bertz CT molecular complexity index is 155. The lowest BCUT2D eigenvalue weighted by atomic mass is 10.2. The van der Waals surface area contributed by atoms with Gasteiger partial charge in [0, 0.05) is 0 Å². The molecule has 0 aliphatic heterocycles. The van der Waals surface area contributed by atoms with Gasteiger partial charge in [0.2, 0.25) is 0 Å². The van der Waals surface area contributed by atoms with E-state index in [0.717, 1.165) is 12.8 Å². The maximum Gasteiger partial charge on any atom is -0.00697 e. The molecule has 0 aliphatic rings. The third-order valence-electron chi connectivity index (χ3n) is 1.24. The summed E-state index contributed by atoms with van der Waals surface area (Å²) in [6.07, 6.45) is 8.36. The first-order valence-corrected chi connectivity index (χ1v) is 3.91. The Kier molecular flexibility index (Phi) is 5.91. The van der Waals surface area contributed by atoms with Crippen LogP contribution in [0.4, 0.5) is 0 Å². The molecule has 0 saturated carbocycles. The predicted molar refractivity (Wildman–Crippen MR) is 47.0 cm³/mol. The molecule has 0 spiro atoms. The molecule has 0 heteroatoms. The van der Waals surface area contributed by atoms with Crippen LogP contribution in [0, 0.1) is 0 Å². The fourth-order valence-corrected chi connectivity index (χ4v) is 0.702. The SMILES string of the molecule is CC=CC(=C=CCC)CC. The van der Waals surface area contributed by atoms with Crippen molar-refractivity contribution in [3.8, 4) is 0 Å². The first kappa shape index (κ1) is 9.26. The van der Waals surface area contributed by atoms with Crippen molar-refractivity contribution in [2.24, 2.45) is 0 Å². The van der Waals surface area contributed by atoms with Crippen molar-refractivity contribution in [1.82, 2.24) is 0 Å². The first-order valence-electron chi connectivity index (χ1n) is 3.91. The van der Waals surface area contributed by atoms with Gasteiger partial charge in [-0.05, 0) is 31.4 Å². The van der Waals surface area contributed by atoms with Crippen molar-refractivity contribution in [3.63, 3.8) is 0 Å². The second-order valence-electron chi connectivity index (χ2n) is 2.14. The summed E-state index contributed by atoms with van der Waals surface area (Å²) in [5.74, 6) is 0. The smallest absolute Gasteiger partial charge is 0.00697 e. The maximum atomic E-state index is 3.22. The molecule has 0 aromatic carbocycles. The molecule has 0 N–H and O–H groups in total. The molecule has 0 fully saturated rings. The van der Waals surface area contributed by atoms with Gasteiger partial charge in [-0.15, -0.1) is 5.73 Å². The first-order chi connectivity index (χ1) is 4.85. The minimum Gasteiger partial charge on any atom is -0.122 e. The highest BCUT2D eigenvalue weighted by Crippen LogP contribution is 1.99. The highest BCUT2D eigenvalue weighted by Gasteiger charge is 1.80. The summed E-state index contributed by atoms with van der Waals surface area (Å²) in [6.45, 7) is 6.30. The second kappa shape index (κ2) is 6.38. The molecule has 0 radical (unpaired) electrons. The van der Waals surface area contributed by atoms with E-state index in [4.69, 9.17) is 0 Å². The Labute approximate surface area is 64.0 Å². The van der Waals surface area contributed by atoms with E-state index in [0.29, 0.717) is 0 Å². The third kappa shape index (κ3) is 4.17. The van der Waals surface area contributed by atoms with E-state index in [1.807, 2.05) is 6.92 Å². The van der Waals surface area contributed by atoms with Crippen LogP contribution in [0.1, 0.15) is 33.6 Å². The molecule has 0 aliphatic carbocycles. The summed E-state index contributed by atoms with van der Waals surface area (Å²) in [6, 6.07) is 0. The van der Waals surface area contributed by atoms with Crippen LogP contribution in [0.25, 0.3) is 0 Å². The van der Waals surface area contributed by atoms with Crippen LogP contribution < -0.4 is 0 Å². The van der Waals surface area contributed by atoms with Crippen LogP contribution in [0.3, 0.4) is 0 Å². The lowest BCUT2D eigenvalue weighted by Crippen LogP contribution is -1.68. The molecule has 0 rings (SSSR count). The second-order valence-corrected chi connectivity index (χ2v) is 2.14. The average Bonchev–Trinajstić information content (AvgIpc) is 1.98. The lowest BCUT2D eigenvalue weighted by Gasteiger charge is -1.87. The molecule has 56 valence electrons. The van der Waals surface area contributed by atoms with Crippen LogP contribution in [0.2, 0.25) is 0 Å². The van der Waals surface area contributed by atoms with Crippen LogP contribution in [0.15, 0.2) is 29.5 Å². The Morgan fingerprint density at radius 2 is 2.10 bits per heavy atom. The Hall–Kier alpha value is -0.740. The van der Waals surface area contributed by atoms with Gasteiger partial charge in [0.1, 0.15) is 0 Å². The van der Waals surface area contributed by atoms with Crippen molar-refractivity contribution < 1.29 is 0 Å². The zero-order valence-corrected chi connectivity index (χ0v) is 7.15. The maximum absolute atomic E-state index is 3.22. The fourth-order valence-electron chi connectivity index (χ4n) is 0.702. The highest BCUT2D eigenvalue weighted by atomic mass is 13.8. The van der Waals surface area contributed by atoms with Gasteiger partial charge in [0.05, 0.1) is 0 Å². The van der Waals surface area contributed by atoms with E-state index in [-0.39, 0.29) is 0 Å². The monoisotopic (exact) mass is 136 g/mol. The van der Waals surface area contributed by atoms with Gasteiger partial charge in [-0.25, -0.2) is 0 Å². The Morgan fingerprint density at radius 1 is 1.40 bits per heavy atom. The molecular weight excluding hydrogens is 120 g/mol. The number of rotatable bonds is 3. The summed E-state index contributed by atoms with van der Waals surface area (Å²) < 4.78 is 0. The van der Waals surface area contributed by atoms with Crippen molar-refractivity contribution in [2.75, 3.05) is 0 Å². The molecule has 0 aromatic rings. The van der Waals surface area contributed by atoms with Gasteiger partial charge in [0.15, 0.2) is 0 Å². The molecule has 0 heterocycles.